The van der Waals surface area contributed by atoms with E-state index in [1.165, 1.54) is 77.3 Å². The zero-order chi connectivity index (χ0) is 91.5. The number of imidazole rings is 1. The Morgan fingerprint density at radius 3 is 0.913 bits per heavy atom. The molecule has 10 N–H and O–H groups in total. The number of aromatic nitrogens is 2. The first kappa shape index (κ1) is 93.9. The Morgan fingerprint density at radius 1 is 0.339 bits per heavy atom. The zero-order valence-corrected chi connectivity index (χ0v) is 72.7. The molecule has 5 aliphatic rings. The Morgan fingerprint density at radius 2 is 0.622 bits per heavy atom. The van der Waals surface area contributed by atoms with Gasteiger partial charge in [0.15, 0.2) is 5.03 Å². The molecule has 0 spiro atoms. The lowest BCUT2D eigenvalue weighted by atomic mass is 9.98. The average molecular weight is 1840 g/mol. The summed E-state index contributed by atoms with van der Waals surface area (Å²) in [6.45, 7) is 6.30. The molecule has 0 fully saturated rings. The minimum Gasteiger partial charge on any atom is -0.497 e. The van der Waals surface area contributed by atoms with E-state index in [9.17, 15) is 74.8 Å². The van der Waals surface area contributed by atoms with Crippen molar-refractivity contribution in [3.63, 3.8) is 0 Å². The van der Waals surface area contributed by atoms with Crippen LogP contribution in [0.1, 0.15) is 119 Å². The number of carbonyl (C=O) groups excluding carboxylic acids is 5. The second kappa shape index (κ2) is 40.2. The van der Waals surface area contributed by atoms with Crippen LogP contribution in [-0.4, -0.2) is 169 Å². The lowest BCUT2D eigenvalue weighted by Crippen LogP contribution is -2.36. The van der Waals surface area contributed by atoms with Crippen LogP contribution in [0, 0.1) is 25.5 Å². The van der Waals surface area contributed by atoms with Gasteiger partial charge in [-0.05, 0) is 258 Å². The Balaban J connectivity index is 0.000000145. The van der Waals surface area contributed by atoms with Gasteiger partial charge < -0.3 is 9.30 Å². The number of rotatable bonds is 17. The van der Waals surface area contributed by atoms with E-state index in [1.54, 1.807) is 204 Å². The van der Waals surface area contributed by atoms with Crippen molar-refractivity contribution in [2.24, 2.45) is 7.05 Å². The molecular formula is C87H88F2N12O21S5. The van der Waals surface area contributed by atoms with E-state index in [2.05, 4.69) is 4.98 Å². The SMILES string of the molecule is COc1ccc(S(=O)(=O)N2CCc3cc(C(=O)NO)ccc3C2)cc1.Cc1ccc(S(=O)(=O)N2CCc3cc(C(=O)NO)ccc3C2)cc1.Cc1nc(S(=O)(=O)N2CCc3cc(C(=O)NO)ccc3C2)cn1C.O=C(NO)c1ccc2c(c1)CCN(S(=O)(=O)c1ccc(F)cc1)C2.O=C(NO)c1ccc2c(c1)CCN(S(=O)(=O)c1cccc(-c3ccc(F)cc3)c1)C2. The number of nitrogens with one attached hydrogen (secondary N) is 5. The van der Waals surface area contributed by atoms with Crippen molar-refractivity contribution in [2.75, 3.05) is 39.8 Å². The van der Waals surface area contributed by atoms with Gasteiger partial charge in [-0.15, -0.1) is 0 Å². The van der Waals surface area contributed by atoms with Crippen LogP contribution < -0.4 is 32.1 Å². The topological polar surface area (TPSA) is 461 Å². The minimum absolute atomic E-state index is 0.0437. The molecule has 0 atom stereocenters. The highest BCUT2D eigenvalue weighted by molar-refractivity contribution is 7.90. The number of amides is 5. The van der Waals surface area contributed by atoms with E-state index < -0.39 is 85.5 Å². The average Bonchev–Trinajstić information content (AvgIpc) is 1.74. The summed E-state index contributed by atoms with van der Waals surface area (Å²) in [5.74, 6) is -2.59. The van der Waals surface area contributed by atoms with Crippen LogP contribution in [0.25, 0.3) is 11.1 Å². The molecule has 0 bridgehead atoms. The fraction of sp³-hybridized carbons (Fsp3) is 0.218. The van der Waals surface area contributed by atoms with Gasteiger partial charge in [0.2, 0.25) is 40.1 Å². The van der Waals surface area contributed by atoms with Crippen molar-refractivity contribution in [2.45, 2.75) is 103 Å². The van der Waals surface area contributed by atoms with Crippen LogP contribution in [0.3, 0.4) is 0 Å². The van der Waals surface area contributed by atoms with Crippen LogP contribution in [0.5, 0.6) is 5.75 Å². The molecule has 0 radical (unpaired) electrons. The van der Waals surface area contributed by atoms with Crippen LogP contribution in [0.4, 0.5) is 8.78 Å². The van der Waals surface area contributed by atoms with E-state index in [0.29, 0.717) is 96.7 Å². The van der Waals surface area contributed by atoms with Gasteiger partial charge in [0.05, 0.1) is 26.7 Å². The Kier molecular flexibility index (Phi) is 29.7. The lowest BCUT2D eigenvalue weighted by molar-refractivity contribution is 0.0702. The minimum atomic E-state index is -3.73. The summed E-state index contributed by atoms with van der Waals surface area (Å²) < 4.78 is 168. The monoisotopic (exact) mass is 1830 g/mol. The van der Waals surface area contributed by atoms with E-state index in [1.807, 2.05) is 6.92 Å². The number of hydrogen-bond donors (Lipinski definition) is 10. The molecule has 11 aromatic rings. The molecule has 666 valence electrons. The fourth-order valence-corrected chi connectivity index (χ4v) is 21.8. The van der Waals surface area contributed by atoms with Gasteiger partial charge >= 0.3 is 0 Å². The number of sulfonamides is 5. The smallest absolute Gasteiger partial charge is 0.274 e. The Labute approximate surface area is 731 Å². The highest BCUT2D eigenvalue weighted by atomic mass is 32.2. The largest absolute Gasteiger partial charge is 0.497 e. The molecule has 127 heavy (non-hydrogen) atoms. The summed E-state index contributed by atoms with van der Waals surface area (Å²) in [4.78, 5) is 62.3. The molecule has 6 heterocycles. The van der Waals surface area contributed by atoms with E-state index >= 15 is 0 Å². The maximum Gasteiger partial charge on any atom is 0.274 e. The Hall–Kier alpha value is -12.2. The van der Waals surface area contributed by atoms with Crippen molar-refractivity contribution in [3.8, 4) is 16.9 Å². The summed E-state index contributed by atoms with van der Waals surface area (Å²) in [6, 6.07) is 55.0. The van der Waals surface area contributed by atoms with Gasteiger partial charge in [0.1, 0.15) is 23.2 Å². The molecule has 0 saturated heterocycles. The standard InChI is InChI=1S/C22H19FN2O4S.C17H18N2O5S.C17H18N2O4S.C16H15FN2O4S.C15H18N4O4S/c23-20-8-6-15(7-9-20)16-2-1-3-21(13-16)30(28,29)25-11-10-17-12-18(22(26)24-27)4-5-19(17)14-25;1-24-15-4-6-16(7-5-15)25(22,23)19-9-8-12-10-13(17(20)18-21)2-3-14(12)11-19;1-12-2-6-16(7-3-12)24(22,23)19-9-8-13-10-14(17(20)18-21)4-5-15(13)11-19;17-14-3-5-15(6-4-14)24(22,23)19-8-7-11-9-12(16(20)18-21)1-2-13(11)10-19;1-10-16-14(9-18(10)2)24(22,23)19-6-5-11-7-12(15(20)17-21)3-4-13(11)8-19/h1-9,12-13,27H,10-11,14H2,(H,24,26);2-7,10,21H,8-9,11H2,1H3,(H,18,20);2-7,10,21H,8-9,11H2,1H3,(H,18,20);1-6,9,21H,7-8,10H2,(H,18,20);3-4,7,9,21H,5-6,8H2,1-2H3,(H,17,20). The van der Waals surface area contributed by atoms with Crippen LogP contribution in [0.15, 0.2) is 243 Å². The summed E-state index contributed by atoms with van der Waals surface area (Å²) in [7, 11) is -15.0. The number of methoxy groups -OCH3 is 1. The predicted octanol–water partition coefficient (Wildman–Crippen LogP) is 9.07. The molecular weight excluding hydrogens is 1750 g/mol. The number of hydrogen-bond acceptors (Lipinski definition) is 22. The molecule has 0 aliphatic carbocycles. The predicted molar refractivity (Wildman–Crippen MR) is 455 cm³/mol. The molecule has 16 rings (SSSR count). The fourth-order valence-electron chi connectivity index (χ4n) is 14.6. The van der Waals surface area contributed by atoms with Gasteiger partial charge in [-0.25, -0.2) is 83.3 Å². The van der Waals surface area contributed by atoms with E-state index in [0.717, 1.165) is 78.9 Å². The van der Waals surface area contributed by atoms with E-state index in [-0.39, 0.29) is 76.2 Å². The quantitative estimate of drug-likeness (QED) is 0.0300. The second-order valence-electron chi connectivity index (χ2n) is 29.8. The van der Waals surface area contributed by atoms with Crippen molar-refractivity contribution >= 4 is 79.7 Å². The maximum absolute atomic E-state index is 13.2. The van der Waals surface area contributed by atoms with Crippen LogP contribution in [0.2, 0.25) is 0 Å². The molecule has 0 unspecified atom stereocenters. The van der Waals surface area contributed by atoms with Crippen molar-refractivity contribution in [1.82, 2.24) is 58.5 Å². The first-order valence-corrected chi connectivity index (χ1v) is 46.3. The van der Waals surface area contributed by atoms with Gasteiger partial charge in [-0.3, -0.25) is 50.0 Å². The third kappa shape index (κ3) is 21.7. The van der Waals surface area contributed by atoms with Crippen molar-refractivity contribution in [1.29, 1.82) is 0 Å². The third-order valence-electron chi connectivity index (χ3n) is 21.9. The molecule has 40 heteroatoms. The Bertz CT molecular complexity index is 6430. The number of fused-ring (bicyclic) bond motifs is 5. The molecule has 5 aliphatic heterocycles. The van der Waals surface area contributed by atoms with Crippen molar-refractivity contribution in [3.05, 3.63) is 325 Å². The van der Waals surface area contributed by atoms with Crippen molar-refractivity contribution < 1.29 is 106 Å². The summed E-state index contributed by atoms with van der Waals surface area (Å²) in [6.07, 6.45) is 3.92. The number of nitrogens with zero attached hydrogens (tertiary/aromatic N) is 7. The van der Waals surface area contributed by atoms with Crippen LogP contribution >= 0.6 is 0 Å². The molecule has 10 aromatic carbocycles. The van der Waals surface area contributed by atoms with Crippen LogP contribution in [-0.2, 0) is 122 Å². The van der Waals surface area contributed by atoms with Gasteiger partial charge in [0.25, 0.3) is 39.6 Å². The highest BCUT2D eigenvalue weighted by Crippen LogP contribution is 2.34. The van der Waals surface area contributed by atoms with Gasteiger partial charge in [-0.1, -0.05) is 72.3 Å². The van der Waals surface area contributed by atoms with Gasteiger partial charge in [-0.2, -0.15) is 21.5 Å². The number of ether oxygens (including phenoxy) is 1. The normalized spacial score (nSPS) is 14.7. The highest BCUT2D eigenvalue weighted by Gasteiger charge is 2.36. The number of halogens is 2. The number of carbonyl (C=O) groups is 5. The molecule has 0 saturated carbocycles. The first-order valence-electron chi connectivity index (χ1n) is 39.1. The molecule has 33 nitrogen and oxygen atoms in total. The number of benzene rings is 10. The third-order valence-corrected chi connectivity index (χ3v) is 31.0. The second-order valence-corrected chi connectivity index (χ2v) is 39.4. The summed E-state index contributed by atoms with van der Waals surface area (Å²) >= 11 is 0. The zero-order valence-electron chi connectivity index (χ0n) is 68.6. The first-order chi connectivity index (χ1) is 60.5. The lowest BCUT2D eigenvalue weighted by Gasteiger charge is -2.28. The maximum atomic E-state index is 13.2. The van der Waals surface area contributed by atoms with E-state index in [4.69, 9.17) is 30.8 Å². The number of aryl methyl sites for hydroxylation is 3. The molecule has 1 aromatic heterocycles. The molecule has 5 amide bonds. The van der Waals surface area contributed by atoms with Gasteiger partial charge in [0, 0.05) is 107 Å². The summed E-state index contributed by atoms with van der Waals surface area (Å²) in [5.41, 5.74) is 20.7. The number of hydroxylamine groups is 5. The summed E-state index contributed by atoms with van der Waals surface area (Å²) in [5, 5.41) is 43.6.